The summed E-state index contributed by atoms with van der Waals surface area (Å²) < 4.78 is 0. The molecule has 1 saturated carbocycles. The number of hydrogen-bond donors (Lipinski definition) is 1. The van der Waals surface area contributed by atoms with E-state index in [-0.39, 0.29) is 5.91 Å². The monoisotopic (exact) mass is 208 g/mol. The van der Waals surface area contributed by atoms with Gasteiger partial charge in [-0.3, -0.25) is 4.79 Å². The Hall–Kier alpha value is -1.08. The number of amides is 1. The molecular weight excluding hydrogens is 192 g/mol. The van der Waals surface area contributed by atoms with Crippen molar-refractivity contribution >= 4 is 5.91 Å². The van der Waals surface area contributed by atoms with E-state index >= 15 is 0 Å². The van der Waals surface area contributed by atoms with E-state index in [1.54, 1.807) is 11.8 Å². The van der Waals surface area contributed by atoms with E-state index in [9.17, 15) is 9.90 Å². The van der Waals surface area contributed by atoms with Gasteiger partial charge in [-0.15, -0.1) is 0 Å². The van der Waals surface area contributed by atoms with Crippen LogP contribution >= 0.6 is 0 Å². The number of nitriles is 1. The minimum atomic E-state index is -0.768. The highest BCUT2D eigenvalue weighted by molar-refractivity contribution is 5.86. The van der Waals surface area contributed by atoms with Crippen molar-refractivity contribution in [2.24, 2.45) is 5.41 Å². The smallest absolute Gasteiger partial charge is 0.243 e. The third kappa shape index (κ3) is 1.61. The fourth-order valence-corrected chi connectivity index (χ4v) is 2.32. The van der Waals surface area contributed by atoms with E-state index in [4.69, 9.17) is 5.26 Å². The summed E-state index contributed by atoms with van der Waals surface area (Å²) in [5.41, 5.74) is -1.53. The van der Waals surface area contributed by atoms with Gasteiger partial charge >= 0.3 is 0 Å². The molecule has 2 aliphatic rings. The Morgan fingerprint density at radius 1 is 1.47 bits per heavy atom. The molecule has 2 fully saturated rings. The van der Waals surface area contributed by atoms with Crippen LogP contribution < -0.4 is 0 Å². The lowest BCUT2D eigenvalue weighted by Gasteiger charge is -2.36. The van der Waals surface area contributed by atoms with Gasteiger partial charge in [-0.05, 0) is 32.6 Å². The summed E-state index contributed by atoms with van der Waals surface area (Å²) in [6.07, 6.45) is 2.94. The maximum absolute atomic E-state index is 12.1. The molecule has 0 aromatic carbocycles. The van der Waals surface area contributed by atoms with Gasteiger partial charge in [-0.2, -0.15) is 5.26 Å². The largest absolute Gasteiger partial charge is 0.388 e. The quantitative estimate of drug-likeness (QED) is 0.688. The first-order valence-electron chi connectivity index (χ1n) is 5.42. The Morgan fingerprint density at radius 3 is 2.47 bits per heavy atom. The molecule has 0 aromatic rings. The summed E-state index contributed by atoms with van der Waals surface area (Å²) in [7, 11) is 0. The van der Waals surface area contributed by atoms with Crippen LogP contribution in [0, 0.1) is 16.7 Å². The maximum Gasteiger partial charge on any atom is 0.243 e. The Morgan fingerprint density at radius 2 is 2.13 bits per heavy atom. The van der Waals surface area contributed by atoms with Crippen molar-refractivity contribution in [2.45, 2.75) is 38.2 Å². The van der Waals surface area contributed by atoms with Crippen molar-refractivity contribution in [3.05, 3.63) is 0 Å². The Kier molecular flexibility index (Phi) is 2.23. The summed E-state index contributed by atoms with van der Waals surface area (Å²) in [5, 5.41) is 18.8. The molecule has 0 bridgehead atoms. The van der Waals surface area contributed by atoms with Gasteiger partial charge in [0.05, 0.1) is 11.7 Å². The second-order valence-corrected chi connectivity index (χ2v) is 5.02. The molecule has 1 aliphatic carbocycles. The molecule has 0 radical (unpaired) electrons. The van der Waals surface area contributed by atoms with Gasteiger partial charge in [-0.1, -0.05) is 0 Å². The van der Waals surface area contributed by atoms with Crippen molar-refractivity contribution in [2.75, 3.05) is 13.1 Å². The highest BCUT2D eigenvalue weighted by Gasteiger charge is 2.49. The lowest BCUT2D eigenvalue weighted by Crippen LogP contribution is -2.47. The van der Waals surface area contributed by atoms with Crippen LogP contribution in [0.2, 0.25) is 0 Å². The Bertz CT molecular complexity index is 326. The minimum Gasteiger partial charge on any atom is -0.388 e. The van der Waals surface area contributed by atoms with Crippen LogP contribution in [0.15, 0.2) is 0 Å². The predicted octanol–water partition coefficient (Wildman–Crippen LogP) is 0.664. The van der Waals surface area contributed by atoms with Crippen LogP contribution in [0.1, 0.15) is 32.6 Å². The van der Waals surface area contributed by atoms with Crippen molar-refractivity contribution in [3.8, 4) is 6.07 Å². The third-order valence-electron chi connectivity index (χ3n) is 3.57. The summed E-state index contributed by atoms with van der Waals surface area (Å²) in [6, 6.07) is 2.15. The fraction of sp³-hybridized carbons (Fsp3) is 0.818. The van der Waals surface area contributed by atoms with Crippen LogP contribution in [0.25, 0.3) is 0 Å². The van der Waals surface area contributed by atoms with E-state index in [0.717, 1.165) is 6.42 Å². The van der Waals surface area contributed by atoms with Crippen LogP contribution in [-0.2, 0) is 4.79 Å². The topological polar surface area (TPSA) is 64.3 Å². The zero-order valence-electron chi connectivity index (χ0n) is 8.99. The number of nitrogens with zero attached hydrogens (tertiary/aromatic N) is 2. The number of carbonyl (C=O) groups excluding carboxylic acids is 1. The van der Waals surface area contributed by atoms with Crippen molar-refractivity contribution in [3.63, 3.8) is 0 Å². The first-order chi connectivity index (χ1) is 6.99. The number of rotatable bonds is 1. The highest BCUT2D eigenvalue weighted by atomic mass is 16.3. The summed E-state index contributed by atoms with van der Waals surface area (Å²) in [4.78, 5) is 13.7. The lowest BCUT2D eigenvalue weighted by atomic mass is 9.69. The summed E-state index contributed by atoms with van der Waals surface area (Å²) in [6.45, 7) is 2.69. The second-order valence-electron chi connectivity index (χ2n) is 5.02. The van der Waals surface area contributed by atoms with Gasteiger partial charge in [0.25, 0.3) is 0 Å². The molecule has 2 rings (SSSR count). The molecule has 0 aromatic heterocycles. The van der Waals surface area contributed by atoms with E-state index in [0.29, 0.717) is 32.4 Å². The molecule has 1 aliphatic heterocycles. The number of aliphatic hydroxyl groups is 1. The Labute approximate surface area is 89.5 Å². The highest BCUT2D eigenvalue weighted by Crippen LogP contribution is 2.42. The van der Waals surface area contributed by atoms with Crippen LogP contribution in [0.5, 0.6) is 0 Å². The number of hydrogen-bond acceptors (Lipinski definition) is 3. The fourth-order valence-electron chi connectivity index (χ4n) is 2.32. The van der Waals surface area contributed by atoms with E-state index in [1.165, 1.54) is 0 Å². The van der Waals surface area contributed by atoms with Gasteiger partial charge in [0.15, 0.2) is 0 Å². The molecule has 0 spiro atoms. The molecule has 1 unspecified atom stereocenters. The average Bonchev–Trinajstić information content (AvgIpc) is 2.45. The average molecular weight is 208 g/mol. The second kappa shape index (κ2) is 3.21. The molecule has 15 heavy (non-hydrogen) atoms. The van der Waals surface area contributed by atoms with E-state index in [1.807, 2.05) is 0 Å². The first kappa shape index (κ1) is 10.4. The molecule has 1 amide bonds. The number of β-amino-alcohol motifs (C(OH)–C–C–N with tert-alkyl or cyclic N) is 1. The maximum atomic E-state index is 12.1. The molecule has 1 saturated heterocycles. The van der Waals surface area contributed by atoms with Gasteiger partial charge in [0, 0.05) is 13.1 Å². The van der Waals surface area contributed by atoms with Crippen LogP contribution in [0.4, 0.5) is 0 Å². The standard InChI is InChI=1S/C11H16N2O2/c1-10(15)5-6-13(8-10)9(14)11(7-12)3-2-4-11/h15H,2-6,8H2,1H3. The SMILES string of the molecule is CC1(O)CCN(C(=O)C2(C#N)CCC2)C1. The van der Waals surface area contributed by atoms with Gasteiger partial charge in [0.2, 0.25) is 5.91 Å². The van der Waals surface area contributed by atoms with Gasteiger partial charge in [-0.25, -0.2) is 0 Å². The molecule has 1 atom stereocenters. The molecule has 4 nitrogen and oxygen atoms in total. The van der Waals surface area contributed by atoms with Gasteiger partial charge < -0.3 is 10.0 Å². The van der Waals surface area contributed by atoms with Gasteiger partial charge in [0.1, 0.15) is 5.41 Å². The number of carbonyl (C=O) groups is 1. The van der Waals surface area contributed by atoms with Crippen molar-refractivity contribution in [1.29, 1.82) is 5.26 Å². The first-order valence-corrected chi connectivity index (χ1v) is 5.42. The lowest BCUT2D eigenvalue weighted by molar-refractivity contribution is -0.142. The number of likely N-dealkylation sites (tertiary alicyclic amines) is 1. The zero-order chi connectivity index (χ0) is 11.1. The third-order valence-corrected chi connectivity index (χ3v) is 3.57. The minimum absolute atomic E-state index is 0.0750. The molecule has 1 heterocycles. The molecule has 4 heteroatoms. The van der Waals surface area contributed by atoms with Crippen molar-refractivity contribution < 1.29 is 9.90 Å². The summed E-state index contributed by atoms with van der Waals surface area (Å²) >= 11 is 0. The Balaban J connectivity index is 2.07. The molecule has 1 N–H and O–H groups in total. The molecule has 82 valence electrons. The predicted molar refractivity (Wildman–Crippen MR) is 53.7 cm³/mol. The van der Waals surface area contributed by atoms with E-state index in [2.05, 4.69) is 6.07 Å². The van der Waals surface area contributed by atoms with Crippen LogP contribution in [0.3, 0.4) is 0 Å². The summed E-state index contributed by atoms with van der Waals surface area (Å²) in [5.74, 6) is -0.0750. The van der Waals surface area contributed by atoms with Crippen molar-refractivity contribution in [1.82, 2.24) is 4.90 Å². The zero-order valence-corrected chi connectivity index (χ0v) is 8.99. The van der Waals surface area contributed by atoms with Crippen LogP contribution in [-0.4, -0.2) is 34.6 Å². The molecular formula is C11H16N2O2. The normalized spacial score (nSPS) is 33.3. The van der Waals surface area contributed by atoms with E-state index < -0.39 is 11.0 Å².